The van der Waals surface area contributed by atoms with E-state index in [9.17, 15) is 17.6 Å². The van der Waals surface area contributed by atoms with Crippen LogP contribution < -0.4 is 9.62 Å². The molecular formula is C21H19ClFN3O3S2. The van der Waals surface area contributed by atoms with Crippen molar-refractivity contribution in [3.05, 3.63) is 74.4 Å². The predicted octanol–water partition coefficient (Wildman–Crippen LogP) is 4.63. The molecule has 3 aromatic rings. The van der Waals surface area contributed by atoms with Crippen LogP contribution in [0, 0.1) is 12.7 Å². The van der Waals surface area contributed by atoms with Gasteiger partial charge >= 0.3 is 0 Å². The fourth-order valence-corrected chi connectivity index (χ4v) is 6.10. The summed E-state index contributed by atoms with van der Waals surface area (Å²) in [6.45, 7) is 2.15. The molecule has 10 heteroatoms. The molecule has 0 spiro atoms. The van der Waals surface area contributed by atoms with E-state index in [0.717, 1.165) is 10.6 Å². The van der Waals surface area contributed by atoms with E-state index in [-0.39, 0.29) is 17.5 Å². The summed E-state index contributed by atoms with van der Waals surface area (Å²) in [5.41, 5.74) is 2.27. The van der Waals surface area contributed by atoms with Crippen LogP contribution in [-0.2, 0) is 16.4 Å². The van der Waals surface area contributed by atoms with Gasteiger partial charge in [-0.25, -0.2) is 17.8 Å². The second-order valence-corrected chi connectivity index (χ2v) is 10.7. The number of rotatable bonds is 5. The molecule has 2 heterocycles. The van der Waals surface area contributed by atoms with Crippen molar-refractivity contribution in [1.29, 1.82) is 0 Å². The predicted molar refractivity (Wildman–Crippen MR) is 121 cm³/mol. The van der Waals surface area contributed by atoms with Crippen LogP contribution >= 0.6 is 22.9 Å². The van der Waals surface area contributed by atoms with E-state index in [0.29, 0.717) is 46.4 Å². The number of nitrogens with zero attached hydrogens (tertiary/aromatic N) is 2. The zero-order valence-corrected chi connectivity index (χ0v) is 19.0. The van der Waals surface area contributed by atoms with Crippen LogP contribution in [0.1, 0.15) is 32.4 Å². The Kier molecular flexibility index (Phi) is 6.00. The summed E-state index contributed by atoms with van der Waals surface area (Å²) >= 11 is 7.50. The third-order valence-corrected chi connectivity index (χ3v) is 8.26. The second kappa shape index (κ2) is 8.57. The number of carbonyl (C=O) groups is 1. The lowest BCUT2D eigenvalue weighted by Crippen LogP contribution is -2.25. The molecule has 1 aliphatic heterocycles. The van der Waals surface area contributed by atoms with Gasteiger partial charge in [-0.05, 0) is 49.2 Å². The van der Waals surface area contributed by atoms with E-state index in [2.05, 4.69) is 10.3 Å². The monoisotopic (exact) mass is 479 g/mol. The lowest BCUT2D eigenvalue weighted by atomic mass is 10.1. The molecule has 0 bridgehead atoms. The van der Waals surface area contributed by atoms with Crippen molar-refractivity contribution >= 4 is 50.2 Å². The second-order valence-electron chi connectivity index (χ2n) is 7.19. The van der Waals surface area contributed by atoms with Crippen LogP contribution in [0.3, 0.4) is 0 Å². The van der Waals surface area contributed by atoms with Crippen LogP contribution in [0.2, 0.25) is 5.02 Å². The van der Waals surface area contributed by atoms with Crippen molar-refractivity contribution in [2.75, 3.05) is 21.9 Å². The largest absolute Gasteiger partial charge is 0.320 e. The molecule has 1 fully saturated rings. The third-order valence-electron chi connectivity index (χ3n) is 4.90. The number of thiazole rings is 1. The molecule has 0 unspecified atom stereocenters. The van der Waals surface area contributed by atoms with Crippen molar-refractivity contribution in [2.45, 2.75) is 19.8 Å². The van der Waals surface area contributed by atoms with Crippen LogP contribution in [0.25, 0.3) is 0 Å². The Morgan fingerprint density at radius 1 is 1.26 bits per heavy atom. The van der Waals surface area contributed by atoms with E-state index in [4.69, 9.17) is 11.6 Å². The highest BCUT2D eigenvalue weighted by Gasteiger charge is 2.29. The van der Waals surface area contributed by atoms with E-state index < -0.39 is 10.0 Å². The van der Waals surface area contributed by atoms with Crippen LogP contribution in [0.5, 0.6) is 0 Å². The van der Waals surface area contributed by atoms with E-state index >= 15 is 0 Å². The highest BCUT2D eigenvalue weighted by Crippen LogP contribution is 2.32. The normalized spacial score (nSPS) is 15.3. The molecule has 0 radical (unpaired) electrons. The van der Waals surface area contributed by atoms with Gasteiger partial charge < -0.3 is 5.32 Å². The molecule has 0 atom stereocenters. The molecule has 31 heavy (non-hydrogen) atoms. The van der Waals surface area contributed by atoms with Gasteiger partial charge in [0.15, 0.2) is 0 Å². The van der Waals surface area contributed by atoms with Gasteiger partial charge in [-0.15, -0.1) is 11.3 Å². The Bertz CT molecular complexity index is 1240. The average Bonchev–Trinajstić information content (AvgIpc) is 3.26. The van der Waals surface area contributed by atoms with E-state index in [1.807, 2.05) is 0 Å². The standard InChI is InChI=1S/C21H19ClFN3O3S2/c1-13-20(30-19(24-13)11-14-3-5-15(23)6-4-14)21(27)25-18-12-16(7-8-17(18)22)26-9-2-10-31(26,28)29/h3-8,12H,2,9-11H2,1H3,(H,25,27). The number of aromatic nitrogens is 1. The third kappa shape index (κ3) is 4.73. The smallest absolute Gasteiger partial charge is 0.267 e. The number of amides is 1. The minimum atomic E-state index is -3.34. The van der Waals surface area contributed by atoms with Crippen LogP contribution in [-0.4, -0.2) is 31.6 Å². The number of anilines is 2. The Morgan fingerprint density at radius 3 is 2.68 bits per heavy atom. The highest BCUT2D eigenvalue weighted by atomic mass is 35.5. The van der Waals surface area contributed by atoms with Gasteiger partial charge in [0.05, 0.1) is 32.9 Å². The lowest BCUT2D eigenvalue weighted by molar-refractivity contribution is 0.103. The van der Waals surface area contributed by atoms with Gasteiger partial charge in [0.1, 0.15) is 10.7 Å². The molecule has 162 valence electrons. The van der Waals surface area contributed by atoms with Gasteiger partial charge in [-0.3, -0.25) is 9.10 Å². The molecule has 1 saturated heterocycles. The molecule has 4 rings (SSSR count). The zero-order chi connectivity index (χ0) is 22.2. The molecule has 1 aliphatic rings. The number of aryl methyl sites for hydroxylation is 1. The summed E-state index contributed by atoms with van der Waals surface area (Å²) in [4.78, 5) is 17.8. The quantitative estimate of drug-likeness (QED) is 0.578. The van der Waals surface area contributed by atoms with Gasteiger partial charge in [-0.2, -0.15) is 0 Å². The number of hydrogen-bond donors (Lipinski definition) is 1. The number of sulfonamides is 1. The number of nitrogens with one attached hydrogen (secondary N) is 1. The van der Waals surface area contributed by atoms with E-state index in [1.165, 1.54) is 27.8 Å². The molecule has 0 aliphatic carbocycles. The first kappa shape index (κ1) is 21.7. The summed E-state index contributed by atoms with van der Waals surface area (Å²) in [7, 11) is -3.34. The Labute approximate surface area is 188 Å². The summed E-state index contributed by atoms with van der Waals surface area (Å²) in [6, 6.07) is 10.9. The number of hydrogen-bond acceptors (Lipinski definition) is 5. The Balaban J connectivity index is 1.54. The van der Waals surface area contributed by atoms with Gasteiger partial charge in [0.25, 0.3) is 5.91 Å². The number of carbonyl (C=O) groups excluding carboxylic acids is 1. The minimum absolute atomic E-state index is 0.105. The fourth-order valence-electron chi connectivity index (χ4n) is 3.39. The minimum Gasteiger partial charge on any atom is -0.320 e. The molecule has 1 amide bonds. The molecular weight excluding hydrogens is 461 g/mol. The maximum atomic E-state index is 13.1. The summed E-state index contributed by atoms with van der Waals surface area (Å²) in [5, 5.41) is 3.81. The summed E-state index contributed by atoms with van der Waals surface area (Å²) in [5.74, 6) is -0.572. The maximum Gasteiger partial charge on any atom is 0.267 e. The first-order chi connectivity index (χ1) is 14.7. The fraction of sp³-hybridized carbons (Fsp3) is 0.238. The van der Waals surface area contributed by atoms with Gasteiger partial charge in [0.2, 0.25) is 10.0 Å². The van der Waals surface area contributed by atoms with Gasteiger partial charge in [0, 0.05) is 13.0 Å². The van der Waals surface area contributed by atoms with Crippen molar-refractivity contribution < 1.29 is 17.6 Å². The lowest BCUT2D eigenvalue weighted by Gasteiger charge is -2.18. The summed E-state index contributed by atoms with van der Waals surface area (Å²) < 4.78 is 38.8. The molecule has 6 nitrogen and oxygen atoms in total. The molecule has 0 saturated carbocycles. The average molecular weight is 480 g/mol. The SMILES string of the molecule is Cc1nc(Cc2ccc(F)cc2)sc1C(=O)Nc1cc(N2CCCS2(=O)=O)ccc1Cl. The highest BCUT2D eigenvalue weighted by molar-refractivity contribution is 7.93. The Hall–Kier alpha value is -2.49. The molecule has 1 aromatic heterocycles. The summed E-state index contributed by atoms with van der Waals surface area (Å²) in [6.07, 6.45) is 1.05. The Morgan fingerprint density at radius 2 is 2.00 bits per heavy atom. The van der Waals surface area contributed by atoms with Crippen molar-refractivity contribution in [3.63, 3.8) is 0 Å². The topological polar surface area (TPSA) is 79.4 Å². The van der Waals surface area contributed by atoms with Crippen molar-refractivity contribution in [3.8, 4) is 0 Å². The van der Waals surface area contributed by atoms with E-state index in [1.54, 1.807) is 37.3 Å². The van der Waals surface area contributed by atoms with Crippen molar-refractivity contribution in [1.82, 2.24) is 4.98 Å². The zero-order valence-electron chi connectivity index (χ0n) is 16.6. The van der Waals surface area contributed by atoms with Crippen molar-refractivity contribution in [2.24, 2.45) is 0 Å². The number of halogens is 2. The van der Waals surface area contributed by atoms with Crippen LogP contribution in [0.15, 0.2) is 42.5 Å². The molecule has 1 N–H and O–H groups in total. The maximum absolute atomic E-state index is 13.1. The first-order valence-corrected chi connectivity index (χ1v) is 12.4. The van der Waals surface area contributed by atoms with Crippen LogP contribution in [0.4, 0.5) is 15.8 Å². The number of benzene rings is 2. The molecule has 2 aromatic carbocycles. The van der Waals surface area contributed by atoms with Gasteiger partial charge in [-0.1, -0.05) is 23.7 Å². The first-order valence-electron chi connectivity index (χ1n) is 9.55.